The fourth-order valence-electron chi connectivity index (χ4n) is 2.18. The van der Waals surface area contributed by atoms with Crippen molar-refractivity contribution in [1.29, 1.82) is 0 Å². The van der Waals surface area contributed by atoms with Gasteiger partial charge in [0.1, 0.15) is 12.1 Å². The SMILES string of the molecule is NC(=O)CCC(N)C(=O)NC(CCC(=O)O)C(=O)NCC(=O)NC(CC(N)=O)C(=O)O. The minimum atomic E-state index is -1.60. The molecule has 0 aromatic heterocycles. The van der Waals surface area contributed by atoms with Crippen LogP contribution in [0, 0.1) is 0 Å². The zero-order valence-electron chi connectivity index (χ0n) is 16.5. The summed E-state index contributed by atoms with van der Waals surface area (Å²) in [6, 6.07) is -4.18. The van der Waals surface area contributed by atoms with Gasteiger partial charge in [-0.3, -0.25) is 28.8 Å². The zero-order valence-corrected chi connectivity index (χ0v) is 16.5. The number of carbonyl (C=O) groups is 7. The van der Waals surface area contributed by atoms with E-state index in [1.807, 2.05) is 5.32 Å². The van der Waals surface area contributed by atoms with Crippen LogP contribution in [0.25, 0.3) is 0 Å². The van der Waals surface area contributed by atoms with Crippen molar-refractivity contribution in [2.24, 2.45) is 17.2 Å². The average Bonchev–Trinajstić information content (AvgIpc) is 2.65. The molecule has 15 nitrogen and oxygen atoms in total. The number of hydrogen-bond acceptors (Lipinski definition) is 8. The highest BCUT2D eigenvalue weighted by atomic mass is 16.4. The van der Waals surface area contributed by atoms with Crippen LogP contribution in [0.2, 0.25) is 0 Å². The molecule has 0 radical (unpaired) electrons. The van der Waals surface area contributed by atoms with Crippen LogP contribution in [0.3, 0.4) is 0 Å². The van der Waals surface area contributed by atoms with Gasteiger partial charge in [0, 0.05) is 12.8 Å². The van der Waals surface area contributed by atoms with Crippen molar-refractivity contribution in [1.82, 2.24) is 16.0 Å². The number of amides is 5. The standard InChI is InChI=1S/C16H26N6O9/c17-7(1-3-10(18)23)14(28)22-8(2-4-13(26)27)15(29)20-6-12(25)21-9(16(30)31)5-11(19)24/h7-9H,1-6,17H2,(H2,18,23)(H2,19,24)(H,20,29)(H,21,25)(H,22,28)(H,26,27)(H,30,31). The molecule has 11 N–H and O–H groups in total. The fourth-order valence-corrected chi connectivity index (χ4v) is 2.18. The monoisotopic (exact) mass is 446 g/mol. The van der Waals surface area contributed by atoms with E-state index >= 15 is 0 Å². The molecule has 0 aliphatic rings. The quantitative estimate of drug-likeness (QED) is 0.119. The van der Waals surface area contributed by atoms with Crippen molar-refractivity contribution in [2.75, 3.05) is 6.54 Å². The number of rotatable bonds is 15. The third-order valence-electron chi connectivity index (χ3n) is 3.78. The molecule has 0 rings (SSSR count). The number of nitrogens with one attached hydrogen (secondary N) is 3. The molecule has 0 aliphatic heterocycles. The van der Waals surface area contributed by atoms with Gasteiger partial charge in [0.15, 0.2) is 0 Å². The lowest BCUT2D eigenvalue weighted by Crippen LogP contribution is -2.53. The third kappa shape index (κ3) is 12.4. The maximum absolute atomic E-state index is 12.3. The summed E-state index contributed by atoms with van der Waals surface area (Å²) in [5.74, 6) is -7.18. The van der Waals surface area contributed by atoms with E-state index in [1.54, 1.807) is 0 Å². The highest BCUT2D eigenvalue weighted by molar-refractivity contribution is 5.93. The normalized spacial score (nSPS) is 13.2. The van der Waals surface area contributed by atoms with E-state index in [1.165, 1.54) is 0 Å². The van der Waals surface area contributed by atoms with Gasteiger partial charge in [-0.15, -0.1) is 0 Å². The molecule has 0 spiro atoms. The van der Waals surface area contributed by atoms with Crippen LogP contribution in [-0.4, -0.2) is 76.4 Å². The second-order valence-corrected chi connectivity index (χ2v) is 6.45. The van der Waals surface area contributed by atoms with Crippen LogP contribution < -0.4 is 33.2 Å². The molecule has 0 heterocycles. The summed E-state index contributed by atoms with van der Waals surface area (Å²) in [4.78, 5) is 79.6. The van der Waals surface area contributed by atoms with Gasteiger partial charge < -0.3 is 43.4 Å². The Bertz CT molecular complexity index is 726. The first-order valence-corrected chi connectivity index (χ1v) is 8.97. The molecule has 0 aromatic rings. The van der Waals surface area contributed by atoms with Gasteiger partial charge in [0.2, 0.25) is 29.5 Å². The summed E-state index contributed by atoms with van der Waals surface area (Å²) in [6.45, 7) is -0.728. The first-order chi connectivity index (χ1) is 14.3. The van der Waals surface area contributed by atoms with Crippen LogP contribution in [0.15, 0.2) is 0 Å². The Morgan fingerprint density at radius 1 is 0.774 bits per heavy atom. The summed E-state index contributed by atoms with van der Waals surface area (Å²) in [5.41, 5.74) is 15.4. The highest BCUT2D eigenvalue weighted by Gasteiger charge is 2.26. The largest absolute Gasteiger partial charge is 0.481 e. The van der Waals surface area contributed by atoms with Crippen LogP contribution in [0.5, 0.6) is 0 Å². The maximum atomic E-state index is 12.3. The minimum absolute atomic E-state index is 0.104. The van der Waals surface area contributed by atoms with Crippen molar-refractivity contribution in [2.45, 2.75) is 50.2 Å². The molecule has 174 valence electrons. The van der Waals surface area contributed by atoms with Crippen molar-refractivity contribution >= 4 is 41.5 Å². The van der Waals surface area contributed by atoms with Gasteiger partial charge in [-0.2, -0.15) is 0 Å². The second kappa shape index (κ2) is 13.5. The highest BCUT2D eigenvalue weighted by Crippen LogP contribution is 2.01. The van der Waals surface area contributed by atoms with Crippen molar-refractivity contribution < 1.29 is 43.8 Å². The topological polar surface area (TPSA) is 274 Å². The summed E-state index contributed by atoms with van der Waals surface area (Å²) < 4.78 is 0. The minimum Gasteiger partial charge on any atom is -0.481 e. The van der Waals surface area contributed by atoms with Crippen LogP contribution in [0.4, 0.5) is 0 Å². The molecular formula is C16H26N6O9. The Hall–Kier alpha value is -3.75. The number of hydrogen-bond donors (Lipinski definition) is 8. The first-order valence-electron chi connectivity index (χ1n) is 8.97. The maximum Gasteiger partial charge on any atom is 0.326 e. The summed E-state index contributed by atoms with van der Waals surface area (Å²) in [6.07, 6.45) is -1.79. The average molecular weight is 446 g/mol. The zero-order chi connectivity index (χ0) is 24.1. The molecule has 0 fully saturated rings. The van der Waals surface area contributed by atoms with E-state index in [-0.39, 0.29) is 19.3 Å². The molecule has 3 unspecified atom stereocenters. The van der Waals surface area contributed by atoms with E-state index < -0.39 is 79.0 Å². The molecule has 31 heavy (non-hydrogen) atoms. The Balaban J connectivity index is 4.93. The smallest absolute Gasteiger partial charge is 0.326 e. The fraction of sp³-hybridized carbons (Fsp3) is 0.562. The van der Waals surface area contributed by atoms with E-state index in [9.17, 15) is 33.6 Å². The third-order valence-corrected chi connectivity index (χ3v) is 3.78. The van der Waals surface area contributed by atoms with Gasteiger partial charge in [0.25, 0.3) is 0 Å². The predicted octanol–water partition coefficient (Wildman–Crippen LogP) is -4.51. The van der Waals surface area contributed by atoms with Crippen LogP contribution in [0.1, 0.15) is 32.1 Å². The number of carbonyl (C=O) groups excluding carboxylic acids is 5. The number of carboxylic acid groups (broad SMARTS) is 2. The lowest BCUT2D eigenvalue weighted by molar-refractivity contribution is -0.143. The molecule has 5 amide bonds. The van der Waals surface area contributed by atoms with Crippen LogP contribution >= 0.6 is 0 Å². The Morgan fingerprint density at radius 2 is 1.39 bits per heavy atom. The lowest BCUT2D eigenvalue weighted by atomic mass is 10.1. The Morgan fingerprint density at radius 3 is 1.87 bits per heavy atom. The van der Waals surface area contributed by atoms with Gasteiger partial charge >= 0.3 is 11.9 Å². The lowest BCUT2D eigenvalue weighted by Gasteiger charge is -2.20. The van der Waals surface area contributed by atoms with E-state index in [0.29, 0.717) is 0 Å². The first kappa shape index (κ1) is 27.2. The van der Waals surface area contributed by atoms with Crippen molar-refractivity contribution in [3.05, 3.63) is 0 Å². The molecule has 15 heteroatoms. The second-order valence-electron chi connectivity index (χ2n) is 6.45. The molecule has 0 bridgehead atoms. The van der Waals surface area contributed by atoms with E-state index in [2.05, 4.69) is 10.6 Å². The van der Waals surface area contributed by atoms with Crippen molar-refractivity contribution in [3.8, 4) is 0 Å². The summed E-state index contributed by atoms with van der Waals surface area (Å²) in [7, 11) is 0. The molecule has 0 saturated carbocycles. The predicted molar refractivity (Wildman–Crippen MR) is 102 cm³/mol. The molecular weight excluding hydrogens is 420 g/mol. The van der Waals surface area contributed by atoms with Gasteiger partial charge in [-0.1, -0.05) is 0 Å². The summed E-state index contributed by atoms with van der Waals surface area (Å²) >= 11 is 0. The number of nitrogens with two attached hydrogens (primary N) is 3. The van der Waals surface area contributed by atoms with Gasteiger partial charge in [-0.25, -0.2) is 4.79 Å². The molecule has 3 atom stereocenters. The molecule has 0 aliphatic carbocycles. The number of aliphatic carboxylic acids is 2. The van der Waals surface area contributed by atoms with Crippen molar-refractivity contribution in [3.63, 3.8) is 0 Å². The Kier molecular flexibility index (Phi) is 11.8. The summed E-state index contributed by atoms with van der Waals surface area (Å²) in [5, 5.41) is 24.1. The van der Waals surface area contributed by atoms with E-state index in [0.717, 1.165) is 0 Å². The molecule has 0 aromatic carbocycles. The Labute approximate surface area is 176 Å². The molecule has 0 saturated heterocycles. The number of carboxylic acids is 2. The van der Waals surface area contributed by atoms with E-state index in [4.69, 9.17) is 27.4 Å². The van der Waals surface area contributed by atoms with Gasteiger partial charge in [-0.05, 0) is 12.8 Å². The number of primary amides is 2. The van der Waals surface area contributed by atoms with Crippen LogP contribution in [-0.2, 0) is 33.6 Å². The van der Waals surface area contributed by atoms with Gasteiger partial charge in [0.05, 0.1) is 19.0 Å².